The number of hydrogen-bond acceptors (Lipinski definition) is 4. The molecule has 1 heterocycles. The quantitative estimate of drug-likeness (QED) is 0.817. The number of hydrogen-bond donors (Lipinski definition) is 1. The minimum absolute atomic E-state index is 0.454. The molecule has 0 amide bonds. The van der Waals surface area contributed by atoms with Crippen LogP contribution in [0.5, 0.6) is 5.88 Å². The van der Waals surface area contributed by atoms with Gasteiger partial charge in [0.05, 0.1) is 12.8 Å². The highest BCUT2D eigenvalue weighted by Gasteiger charge is 2.21. The second-order valence-electron chi connectivity index (χ2n) is 4.64. The van der Waals surface area contributed by atoms with Crippen molar-refractivity contribution in [3.63, 3.8) is 0 Å². The topological polar surface area (TPSA) is 61.0 Å². The number of nitrogens with zero attached hydrogens (tertiary/aromatic N) is 2. The van der Waals surface area contributed by atoms with E-state index in [-0.39, 0.29) is 0 Å². The molecule has 4 heteroatoms. The van der Waals surface area contributed by atoms with Gasteiger partial charge in [0.25, 0.3) is 0 Å². The molecule has 1 aromatic rings. The van der Waals surface area contributed by atoms with Gasteiger partial charge in [-0.25, -0.2) is 9.97 Å². The lowest BCUT2D eigenvalue weighted by Crippen LogP contribution is -2.11. The molecule has 1 fully saturated rings. The van der Waals surface area contributed by atoms with Gasteiger partial charge >= 0.3 is 0 Å². The standard InChI is InChI=1S/C13H21N3O/c1-17-13-11(8-14)12(15-9-16-13)10-6-4-2-3-5-7-10/h9-10H,2-8,14H2,1H3. The van der Waals surface area contributed by atoms with Crippen LogP contribution in [-0.4, -0.2) is 17.1 Å². The molecule has 0 saturated heterocycles. The van der Waals surface area contributed by atoms with Gasteiger partial charge in [0, 0.05) is 18.0 Å². The van der Waals surface area contributed by atoms with Crippen LogP contribution >= 0.6 is 0 Å². The Balaban J connectivity index is 2.29. The number of ether oxygens (including phenoxy) is 1. The highest BCUT2D eigenvalue weighted by molar-refractivity contribution is 5.32. The summed E-state index contributed by atoms with van der Waals surface area (Å²) in [5, 5.41) is 0. The Morgan fingerprint density at radius 1 is 1.24 bits per heavy atom. The Labute approximate surface area is 103 Å². The molecule has 0 bridgehead atoms. The molecule has 1 saturated carbocycles. The Bertz CT molecular complexity index is 360. The summed E-state index contributed by atoms with van der Waals surface area (Å²) in [7, 11) is 1.64. The molecule has 2 rings (SSSR count). The van der Waals surface area contributed by atoms with Crippen LogP contribution in [0.15, 0.2) is 6.33 Å². The molecule has 4 nitrogen and oxygen atoms in total. The smallest absolute Gasteiger partial charge is 0.220 e. The second kappa shape index (κ2) is 5.96. The summed E-state index contributed by atoms with van der Waals surface area (Å²) in [6, 6.07) is 0. The third-order valence-electron chi connectivity index (χ3n) is 3.58. The van der Waals surface area contributed by atoms with E-state index in [1.54, 1.807) is 13.4 Å². The Kier molecular flexibility index (Phi) is 4.31. The van der Waals surface area contributed by atoms with E-state index in [1.165, 1.54) is 38.5 Å². The van der Waals surface area contributed by atoms with Crippen LogP contribution in [0, 0.1) is 0 Å². The van der Waals surface area contributed by atoms with Crippen LogP contribution < -0.4 is 10.5 Å². The van der Waals surface area contributed by atoms with E-state index in [9.17, 15) is 0 Å². The predicted molar refractivity (Wildman–Crippen MR) is 66.9 cm³/mol. The molecule has 0 spiro atoms. The van der Waals surface area contributed by atoms with Gasteiger partial charge in [0.2, 0.25) is 5.88 Å². The molecule has 0 unspecified atom stereocenters. The second-order valence-corrected chi connectivity index (χ2v) is 4.64. The summed E-state index contributed by atoms with van der Waals surface area (Å²) in [4.78, 5) is 8.59. The van der Waals surface area contributed by atoms with Crippen LogP contribution in [0.25, 0.3) is 0 Å². The molecule has 0 radical (unpaired) electrons. The monoisotopic (exact) mass is 235 g/mol. The lowest BCUT2D eigenvalue weighted by Gasteiger charge is -2.17. The number of methoxy groups -OCH3 is 1. The van der Waals surface area contributed by atoms with E-state index in [4.69, 9.17) is 10.5 Å². The highest BCUT2D eigenvalue weighted by Crippen LogP contribution is 2.33. The van der Waals surface area contributed by atoms with E-state index >= 15 is 0 Å². The maximum absolute atomic E-state index is 5.81. The van der Waals surface area contributed by atoms with Crippen molar-refractivity contribution in [2.24, 2.45) is 5.73 Å². The van der Waals surface area contributed by atoms with Crippen molar-refractivity contribution in [1.29, 1.82) is 0 Å². The van der Waals surface area contributed by atoms with Crippen LogP contribution in [-0.2, 0) is 6.54 Å². The van der Waals surface area contributed by atoms with E-state index in [2.05, 4.69) is 9.97 Å². The average molecular weight is 235 g/mol. The fourth-order valence-electron chi connectivity index (χ4n) is 2.68. The first kappa shape index (κ1) is 12.3. The number of nitrogens with two attached hydrogens (primary N) is 1. The minimum atomic E-state index is 0.454. The Hall–Kier alpha value is -1.16. The van der Waals surface area contributed by atoms with Crippen LogP contribution in [0.3, 0.4) is 0 Å². The van der Waals surface area contributed by atoms with Crippen molar-refractivity contribution in [3.05, 3.63) is 17.6 Å². The van der Waals surface area contributed by atoms with Crippen molar-refractivity contribution < 1.29 is 4.74 Å². The zero-order chi connectivity index (χ0) is 12.1. The zero-order valence-electron chi connectivity index (χ0n) is 10.5. The lowest BCUT2D eigenvalue weighted by atomic mass is 9.93. The summed E-state index contributed by atoms with van der Waals surface area (Å²) in [5.41, 5.74) is 7.91. The first-order valence-electron chi connectivity index (χ1n) is 6.44. The van der Waals surface area contributed by atoms with Crippen LogP contribution in [0.4, 0.5) is 0 Å². The molecule has 2 N–H and O–H groups in total. The molecule has 1 aliphatic carbocycles. The third-order valence-corrected chi connectivity index (χ3v) is 3.58. The molecular formula is C13H21N3O. The van der Waals surface area contributed by atoms with Crippen molar-refractivity contribution in [1.82, 2.24) is 9.97 Å². The Morgan fingerprint density at radius 2 is 1.94 bits per heavy atom. The first-order valence-corrected chi connectivity index (χ1v) is 6.44. The van der Waals surface area contributed by atoms with Crippen molar-refractivity contribution in [2.45, 2.75) is 51.0 Å². The summed E-state index contributed by atoms with van der Waals surface area (Å²) >= 11 is 0. The fraction of sp³-hybridized carbons (Fsp3) is 0.692. The van der Waals surface area contributed by atoms with E-state index in [0.717, 1.165) is 11.3 Å². The van der Waals surface area contributed by atoms with Gasteiger partial charge in [-0.15, -0.1) is 0 Å². The molecular weight excluding hydrogens is 214 g/mol. The lowest BCUT2D eigenvalue weighted by molar-refractivity contribution is 0.388. The van der Waals surface area contributed by atoms with Crippen LogP contribution in [0.1, 0.15) is 55.7 Å². The molecule has 0 aromatic carbocycles. The van der Waals surface area contributed by atoms with E-state index in [1.807, 2.05) is 0 Å². The Morgan fingerprint density at radius 3 is 2.53 bits per heavy atom. The highest BCUT2D eigenvalue weighted by atomic mass is 16.5. The summed E-state index contributed by atoms with van der Waals surface area (Å²) < 4.78 is 5.27. The van der Waals surface area contributed by atoms with Crippen molar-refractivity contribution in [3.8, 4) is 5.88 Å². The molecule has 1 aromatic heterocycles. The van der Waals surface area contributed by atoms with Gasteiger partial charge in [0.15, 0.2) is 0 Å². The first-order chi connectivity index (χ1) is 8.36. The maximum Gasteiger partial charge on any atom is 0.220 e. The minimum Gasteiger partial charge on any atom is -0.481 e. The van der Waals surface area contributed by atoms with E-state index in [0.29, 0.717) is 18.3 Å². The van der Waals surface area contributed by atoms with Gasteiger partial charge in [0.1, 0.15) is 6.33 Å². The van der Waals surface area contributed by atoms with Gasteiger partial charge in [-0.2, -0.15) is 0 Å². The molecule has 94 valence electrons. The van der Waals surface area contributed by atoms with Gasteiger partial charge in [-0.05, 0) is 12.8 Å². The van der Waals surface area contributed by atoms with Crippen LogP contribution in [0.2, 0.25) is 0 Å². The summed E-state index contributed by atoms with van der Waals surface area (Å²) in [6.07, 6.45) is 9.30. The zero-order valence-corrected chi connectivity index (χ0v) is 10.5. The SMILES string of the molecule is COc1ncnc(C2CCCCCC2)c1CN. The normalized spacial score (nSPS) is 17.8. The molecule has 1 aliphatic rings. The van der Waals surface area contributed by atoms with Gasteiger partial charge < -0.3 is 10.5 Å². The molecule has 17 heavy (non-hydrogen) atoms. The molecule has 0 atom stereocenters. The predicted octanol–water partition coefficient (Wildman–Crippen LogP) is 2.38. The van der Waals surface area contributed by atoms with Crippen molar-refractivity contribution >= 4 is 0 Å². The van der Waals surface area contributed by atoms with E-state index < -0.39 is 0 Å². The maximum atomic E-state index is 5.81. The number of rotatable bonds is 3. The molecule has 0 aliphatic heterocycles. The number of aromatic nitrogens is 2. The van der Waals surface area contributed by atoms with Gasteiger partial charge in [-0.1, -0.05) is 25.7 Å². The third kappa shape index (κ3) is 2.75. The van der Waals surface area contributed by atoms with Crippen molar-refractivity contribution in [2.75, 3.05) is 7.11 Å². The van der Waals surface area contributed by atoms with Gasteiger partial charge in [-0.3, -0.25) is 0 Å². The fourth-order valence-corrected chi connectivity index (χ4v) is 2.68. The largest absolute Gasteiger partial charge is 0.481 e. The summed E-state index contributed by atoms with van der Waals surface area (Å²) in [6.45, 7) is 0.454. The summed E-state index contributed by atoms with van der Waals surface area (Å²) in [5.74, 6) is 1.18. The average Bonchev–Trinajstić information content (AvgIpc) is 2.66.